The molecule has 8 nitrogen and oxygen atoms in total. The molecule has 0 amide bonds. The molecule has 0 aromatic carbocycles. The highest BCUT2D eigenvalue weighted by atomic mass is 32.2. The zero-order valence-electron chi connectivity index (χ0n) is 17.7. The smallest absolute Gasteiger partial charge is 0.312 e. The lowest BCUT2D eigenvalue weighted by atomic mass is 9.75. The predicted octanol–water partition coefficient (Wildman–Crippen LogP) is 1.16. The Bertz CT molecular complexity index is 688. The maximum Gasteiger partial charge on any atom is 0.312 e. The molecule has 162 valence electrons. The van der Waals surface area contributed by atoms with Crippen LogP contribution in [0.1, 0.15) is 40.5 Å². The number of quaternary nitrogens is 1. The van der Waals surface area contributed by atoms with Crippen molar-refractivity contribution in [3.05, 3.63) is 0 Å². The van der Waals surface area contributed by atoms with Gasteiger partial charge in [-0.3, -0.25) is 9.59 Å². The molecule has 0 bridgehead atoms. The summed E-state index contributed by atoms with van der Waals surface area (Å²) in [6, 6.07) is 0. The Kier molecular flexibility index (Phi) is 9.64. The van der Waals surface area contributed by atoms with Gasteiger partial charge in [-0.1, -0.05) is 5.92 Å². The number of hydrogen-bond donors (Lipinski definition) is 0. The molecule has 0 saturated heterocycles. The fourth-order valence-corrected chi connectivity index (χ4v) is 3.40. The highest BCUT2D eigenvalue weighted by Crippen LogP contribution is 2.35. The molecule has 0 rings (SSSR count). The number of terminal acetylenes is 1. The van der Waals surface area contributed by atoms with Crippen molar-refractivity contribution < 1.29 is 36.5 Å². The van der Waals surface area contributed by atoms with Crippen molar-refractivity contribution in [2.24, 2.45) is 10.8 Å². The fraction of sp³-hybridized carbons (Fsp3) is 0.789. The summed E-state index contributed by atoms with van der Waals surface area (Å²) >= 11 is 0. The van der Waals surface area contributed by atoms with Crippen molar-refractivity contribution in [3.8, 4) is 12.3 Å². The van der Waals surface area contributed by atoms with E-state index in [1.165, 1.54) is 0 Å². The van der Waals surface area contributed by atoms with E-state index in [9.17, 15) is 22.6 Å². The summed E-state index contributed by atoms with van der Waals surface area (Å²) in [7, 11) is -0.500. The molecular formula is C19H33NO7S. The third-order valence-electron chi connectivity index (χ3n) is 4.36. The van der Waals surface area contributed by atoms with Crippen molar-refractivity contribution in [2.45, 2.75) is 40.5 Å². The minimum atomic E-state index is -4.22. The van der Waals surface area contributed by atoms with E-state index in [1.807, 2.05) is 14.1 Å². The summed E-state index contributed by atoms with van der Waals surface area (Å²) in [5.41, 5.74) is -1.81. The Morgan fingerprint density at radius 2 is 1.54 bits per heavy atom. The van der Waals surface area contributed by atoms with Crippen LogP contribution in [0.25, 0.3) is 0 Å². The van der Waals surface area contributed by atoms with Gasteiger partial charge in [-0.25, -0.2) is 8.42 Å². The second kappa shape index (κ2) is 10.2. The van der Waals surface area contributed by atoms with Gasteiger partial charge in [0.1, 0.15) is 13.2 Å². The van der Waals surface area contributed by atoms with Crippen molar-refractivity contribution in [3.63, 3.8) is 0 Å². The molecule has 0 aliphatic heterocycles. The number of esters is 2. The molecule has 0 saturated carbocycles. The summed E-state index contributed by atoms with van der Waals surface area (Å²) in [4.78, 5) is 24.6. The first kappa shape index (κ1) is 26.4. The van der Waals surface area contributed by atoms with Gasteiger partial charge in [-0.2, -0.15) is 0 Å². The highest BCUT2D eigenvalue weighted by Gasteiger charge is 2.41. The maximum atomic E-state index is 12.5. The number of likely N-dealkylation sites (N-methyl/N-ethyl adjacent to an activating group) is 1. The van der Waals surface area contributed by atoms with Gasteiger partial charge in [-0.05, 0) is 34.1 Å². The summed E-state index contributed by atoms with van der Waals surface area (Å²) in [6.45, 7) is 7.73. The molecular weight excluding hydrogens is 386 g/mol. The normalized spacial score (nSPS) is 12.9. The van der Waals surface area contributed by atoms with E-state index in [-0.39, 0.29) is 26.1 Å². The first-order chi connectivity index (χ1) is 12.5. The molecule has 0 aromatic heterocycles. The molecule has 0 aromatic rings. The van der Waals surface area contributed by atoms with E-state index in [0.29, 0.717) is 17.6 Å². The van der Waals surface area contributed by atoms with E-state index in [4.69, 9.17) is 15.9 Å². The van der Waals surface area contributed by atoms with Gasteiger partial charge < -0.3 is 18.5 Å². The predicted molar refractivity (Wildman–Crippen MR) is 104 cm³/mol. The minimum Gasteiger partial charge on any atom is -0.748 e. The lowest BCUT2D eigenvalue weighted by molar-refractivity contribution is -0.890. The number of hydrogen-bond acceptors (Lipinski definition) is 7. The third-order valence-corrected chi connectivity index (χ3v) is 5.15. The molecule has 0 aliphatic rings. The van der Waals surface area contributed by atoms with Gasteiger partial charge in [0.15, 0.2) is 6.61 Å². The molecule has 0 radical (unpaired) electrons. The fourth-order valence-electron chi connectivity index (χ4n) is 2.91. The zero-order chi connectivity index (χ0) is 22.2. The molecule has 0 atom stereocenters. The SMILES string of the molecule is C#CCOC(=O)C(C)(C)CC(C)(C)C(=O)OCC[N+](C)(C)CCCS(=O)(=O)[O-]. The molecule has 0 N–H and O–H groups in total. The zero-order valence-corrected chi connectivity index (χ0v) is 18.6. The van der Waals surface area contributed by atoms with Gasteiger partial charge in [0, 0.05) is 12.2 Å². The van der Waals surface area contributed by atoms with E-state index in [1.54, 1.807) is 27.7 Å². The van der Waals surface area contributed by atoms with Gasteiger partial charge in [-0.15, -0.1) is 6.42 Å². The average molecular weight is 420 g/mol. The number of carbonyl (C=O) groups is 2. The molecule has 0 unspecified atom stereocenters. The van der Waals surface area contributed by atoms with Gasteiger partial charge >= 0.3 is 11.9 Å². The van der Waals surface area contributed by atoms with Crippen LogP contribution in [-0.2, 0) is 29.2 Å². The van der Waals surface area contributed by atoms with Crippen LogP contribution < -0.4 is 0 Å². The minimum absolute atomic E-state index is 0.117. The van der Waals surface area contributed by atoms with Crippen molar-refractivity contribution >= 4 is 22.1 Å². The van der Waals surface area contributed by atoms with Gasteiger partial charge in [0.2, 0.25) is 0 Å². The summed E-state index contributed by atoms with van der Waals surface area (Å²) < 4.78 is 42.8. The lowest BCUT2D eigenvalue weighted by Gasteiger charge is -2.33. The quantitative estimate of drug-likeness (QED) is 0.202. The standard InChI is InChI=1S/C19H33NO7S/c1-8-12-26-16(21)18(2,3)15-19(4,5)17(22)27-13-11-20(6,7)10-9-14-28(23,24)25/h1H,9-15H2,2-7H3. The van der Waals surface area contributed by atoms with Crippen LogP contribution in [0.4, 0.5) is 0 Å². The highest BCUT2D eigenvalue weighted by molar-refractivity contribution is 7.85. The Morgan fingerprint density at radius 3 is 2.00 bits per heavy atom. The van der Waals surface area contributed by atoms with E-state index in [0.717, 1.165) is 0 Å². The summed E-state index contributed by atoms with van der Waals surface area (Å²) in [5.74, 6) is 0.911. The lowest BCUT2D eigenvalue weighted by Crippen LogP contribution is -2.44. The van der Waals surface area contributed by atoms with Gasteiger partial charge in [0.25, 0.3) is 0 Å². The van der Waals surface area contributed by atoms with E-state index in [2.05, 4.69) is 5.92 Å². The third kappa shape index (κ3) is 10.6. The van der Waals surface area contributed by atoms with Crippen LogP contribution in [0.15, 0.2) is 0 Å². The Balaban J connectivity index is 4.59. The number of nitrogens with zero attached hydrogens (tertiary/aromatic N) is 1. The number of carbonyl (C=O) groups excluding carboxylic acids is 2. The van der Waals surface area contributed by atoms with Crippen molar-refractivity contribution in [1.82, 2.24) is 0 Å². The van der Waals surface area contributed by atoms with Gasteiger partial charge in [0.05, 0.1) is 41.6 Å². The molecule has 28 heavy (non-hydrogen) atoms. The van der Waals surface area contributed by atoms with Crippen LogP contribution in [-0.4, -0.2) is 75.5 Å². The Morgan fingerprint density at radius 1 is 1.04 bits per heavy atom. The molecule has 0 fully saturated rings. The van der Waals surface area contributed by atoms with Crippen molar-refractivity contribution in [1.29, 1.82) is 0 Å². The monoisotopic (exact) mass is 419 g/mol. The van der Waals surface area contributed by atoms with Crippen LogP contribution in [0, 0.1) is 23.2 Å². The molecule has 0 aliphatic carbocycles. The van der Waals surface area contributed by atoms with Crippen LogP contribution >= 0.6 is 0 Å². The topological polar surface area (TPSA) is 110 Å². The average Bonchev–Trinajstić information content (AvgIpc) is 2.49. The summed E-state index contributed by atoms with van der Waals surface area (Å²) in [5, 5.41) is 0. The molecule has 0 heterocycles. The molecule has 0 spiro atoms. The Labute approximate surface area is 168 Å². The first-order valence-corrected chi connectivity index (χ1v) is 10.6. The molecule has 9 heteroatoms. The second-order valence-electron chi connectivity index (χ2n) is 8.86. The van der Waals surface area contributed by atoms with E-state index < -0.39 is 38.6 Å². The Hall–Kier alpha value is -1.63. The first-order valence-electron chi connectivity index (χ1n) is 9.06. The van der Waals surface area contributed by atoms with Crippen molar-refractivity contribution in [2.75, 3.05) is 46.2 Å². The van der Waals surface area contributed by atoms with Crippen LogP contribution in [0.5, 0.6) is 0 Å². The van der Waals surface area contributed by atoms with Crippen LogP contribution in [0.2, 0.25) is 0 Å². The summed E-state index contributed by atoms with van der Waals surface area (Å²) in [6.07, 6.45) is 5.56. The largest absolute Gasteiger partial charge is 0.748 e. The second-order valence-corrected chi connectivity index (χ2v) is 10.4. The maximum absolute atomic E-state index is 12.5. The number of rotatable bonds is 12. The van der Waals surface area contributed by atoms with Crippen LogP contribution in [0.3, 0.4) is 0 Å². The number of ether oxygens (including phenoxy) is 2. The van der Waals surface area contributed by atoms with E-state index >= 15 is 0 Å².